The summed E-state index contributed by atoms with van der Waals surface area (Å²) in [4.78, 5) is 12.8. The van der Waals surface area contributed by atoms with Crippen LogP contribution in [-0.4, -0.2) is 36.0 Å². The van der Waals surface area contributed by atoms with Crippen molar-refractivity contribution in [3.05, 3.63) is 33.1 Å². The van der Waals surface area contributed by atoms with Crippen LogP contribution in [0.15, 0.2) is 12.1 Å². The fourth-order valence-corrected chi connectivity index (χ4v) is 2.74. The lowest BCUT2D eigenvalue weighted by molar-refractivity contribution is -0.384. The average Bonchev–Trinajstić information content (AvgIpc) is 2.92. The Morgan fingerprint density at radius 2 is 2.14 bits per heavy atom. The predicted octanol–water partition coefficient (Wildman–Crippen LogP) is 3.53. The molecule has 21 heavy (non-hydrogen) atoms. The summed E-state index contributed by atoms with van der Waals surface area (Å²) in [6.45, 7) is 5.79. The number of hydrogen-bond acceptors (Lipinski definition) is 4. The fourth-order valence-electron chi connectivity index (χ4n) is 2.58. The van der Waals surface area contributed by atoms with Gasteiger partial charge in [0.25, 0.3) is 5.69 Å². The molecule has 0 spiro atoms. The highest BCUT2D eigenvalue weighted by Crippen LogP contribution is 2.30. The van der Waals surface area contributed by atoms with E-state index < -0.39 is 10.7 Å². The predicted molar refractivity (Wildman–Crippen MR) is 81.4 cm³/mol. The zero-order valence-electron chi connectivity index (χ0n) is 11.9. The van der Waals surface area contributed by atoms with Crippen molar-refractivity contribution in [1.82, 2.24) is 4.90 Å². The molecule has 5 nitrogen and oxygen atoms in total. The highest BCUT2D eigenvalue weighted by atomic mass is 35.5. The first-order chi connectivity index (χ1) is 9.97. The van der Waals surface area contributed by atoms with Crippen molar-refractivity contribution < 1.29 is 9.31 Å². The van der Waals surface area contributed by atoms with Crippen LogP contribution in [0.1, 0.15) is 19.8 Å². The normalized spacial score (nSPS) is 16.9. The van der Waals surface area contributed by atoms with Gasteiger partial charge in [-0.25, -0.2) is 4.39 Å². The van der Waals surface area contributed by atoms with E-state index in [1.807, 2.05) is 0 Å². The van der Waals surface area contributed by atoms with E-state index in [1.54, 1.807) is 0 Å². The van der Waals surface area contributed by atoms with Crippen molar-refractivity contribution in [3.63, 3.8) is 0 Å². The highest BCUT2D eigenvalue weighted by molar-refractivity contribution is 6.31. The van der Waals surface area contributed by atoms with Crippen LogP contribution in [0, 0.1) is 21.8 Å². The SMILES string of the molecule is CC(CNc1cc(F)c(Cl)cc1[N+](=O)[O-])CN1CCCC1. The molecule has 1 aromatic carbocycles. The van der Waals surface area contributed by atoms with E-state index in [0.717, 1.165) is 31.8 Å². The second-order valence-electron chi connectivity index (χ2n) is 5.53. The van der Waals surface area contributed by atoms with E-state index in [4.69, 9.17) is 11.6 Å². The number of rotatable bonds is 6. The minimum absolute atomic E-state index is 0.176. The van der Waals surface area contributed by atoms with Gasteiger partial charge in [0.05, 0.1) is 9.95 Å². The van der Waals surface area contributed by atoms with E-state index in [0.29, 0.717) is 12.5 Å². The second kappa shape index (κ2) is 7.04. The molecule has 1 unspecified atom stereocenters. The van der Waals surface area contributed by atoms with Crippen molar-refractivity contribution >= 4 is 23.0 Å². The largest absolute Gasteiger partial charge is 0.379 e. The Kier molecular flexibility index (Phi) is 5.36. The minimum Gasteiger partial charge on any atom is -0.379 e. The maximum Gasteiger partial charge on any atom is 0.294 e. The van der Waals surface area contributed by atoms with Crippen molar-refractivity contribution in [2.75, 3.05) is 31.5 Å². The Morgan fingerprint density at radius 3 is 2.76 bits per heavy atom. The monoisotopic (exact) mass is 315 g/mol. The van der Waals surface area contributed by atoms with Gasteiger partial charge in [-0.1, -0.05) is 18.5 Å². The lowest BCUT2D eigenvalue weighted by Crippen LogP contribution is -2.29. The molecule has 0 amide bonds. The topological polar surface area (TPSA) is 58.4 Å². The molecule has 0 radical (unpaired) electrons. The van der Waals surface area contributed by atoms with Crippen LogP contribution in [0.3, 0.4) is 0 Å². The summed E-state index contributed by atoms with van der Waals surface area (Å²) in [5.74, 6) is -0.335. The molecule has 2 rings (SSSR count). The summed E-state index contributed by atoms with van der Waals surface area (Å²) >= 11 is 5.59. The molecular formula is C14H19ClFN3O2. The Hall–Kier alpha value is -1.40. The molecule has 1 fully saturated rings. The number of halogens is 2. The average molecular weight is 316 g/mol. The second-order valence-corrected chi connectivity index (χ2v) is 5.94. The summed E-state index contributed by atoms with van der Waals surface area (Å²) in [5.41, 5.74) is -0.0232. The van der Waals surface area contributed by atoms with Gasteiger partial charge in [-0.05, 0) is 31.8 Å². The number of benzene rings is 1. The summed E-state index contributed by atoms with van der Waals surface area (Å²) in [6.07, 6.45) is 2.46. The molecular weight excluding hydrogens is 297 g/mol. The Labute approximate surface area is 128 Å². The summed E-state index contributed by atoms with van der Waals surface area (Å²) < 4.78 is 13.5. The lowest BCUT2D eigenvalue weighted by Gasteiger charge is -2.20. The first-order valence-corrected chi connectivity index (χ1v) is 7.45. The molecule has 1 aromatic rings. The van der Waals surface area contributed by atoms with Gasteiger partial charge in [0.2, 0.25) is 0 Å². The standard InChI is InChI=1S/C14H19ClFN3O2/c1-10(9-18-4-2-3-5-18)8-17-13-7-12(16)11(15)6-14(13)19(20)21/h6-7,10,17H,2-5,8-9H2,1H3. The molecule has 7 heteroatoms. The molecule has 0 bridgehead atoms. The molecule has 1 saturated heterocycles. The number of nitrogens with one attached hydrogen (secondary N) is 1. The number of likely N-dealkylation sites (tertiary alicyclic amines) is 1. The number of nitro benzene ring substituents is 1. The van der Waals surface area contributed by atoms with Crippen molar-refractivity contribution in [3.8, 4) is 0 Å². The van der Waals surface area contributed by atoms with Crippen LogP contribution in [-0.2, 0) is 0 Å². The van der Waals surface area contributed by atoms with E-state index in [9.17, 15) is 14.5 Å². The van der Waals surface area contributed by atoms with Crippen LogP contribution in [0.4, 0.5) is 15.8 Å². The van der Waals surface area contributed by atoms with Crippen LogP contribution < -0.4 is 5.32 Å². The van der Waals surface area contributed by atoms with Crippen LogP contribution in [0.2, 0.25) is 5.02 Å². The molecule has 1 atom stereocenters. The van der Waals surface area contributed by atoms with Gasteiger partial charge in [0, 0.05) is 25.2 Å². The van der Waals surface area contributed by atoms with Crippen molar-refractivity contribution in [2.24, 2.45) is 5.92 Å². The van der Waals surface area contributed by atoms with Gasteiger partial charge >= 0.3 is 0 Å². The zero-order valence-corrected chi connectivity index (χ0v) is 12.7. The number of nitrogens with zero attached hydrogens (tertiary/aromatic N) is 2. The van der Waals surface area contributed by atoms with Gasteiger partial charge in [0.1, 0.15) is 11.5 Å². The molecule has 0 aromatic heterocycles. The maximum atomic E-state index is 13.5. The Balaban J connectivity index is 1.98. The van der Waals surface area contributed by atoms with Crippen molar-refractivity contribution in [1.29, 1.82) is 0 Å². The van der Waals surface area contributed by atoms with Crippen LogP contribution in [0.25, 0.3) is 0 Å². The smallest absolute Gasteiger partial charge is 0.294 e. The zero-order chi connectivity index (χ0) is 15.4. The number of hydrogen-bond donors (Lipinski definition) is 1. The number of nitro groups is 1. The first kappa shape index (κ1) is 16.0. The maximum absolute atomic E-state index is 13.5. The molecule has 1 aliphatic rings. The van der Waals surface area contributed by atoms with E-state index in [2.05, 4.69) is 17.1 Å². The quantitative estimate of drug-likeness (QED) is 0.644. The van der Waals surface area contributed by atoms with Crippen LogP contribution in [0.5, 0.6) is 0 Å². The third-order valence-corrected chi connectivity index (χ3v) is 3.93. The van der Waals surface area contributed by atoms with E-state index >= 15 is 0 Å². The first-order valence-electron chi connectivity index (χ1n) is 7.07. The summed E-state index contributed by atoms with van der Waals surface area (Å²) in [5, 5.41) is 13.7. The molecule has 0 saturated carbocycles. The molecule has 1 heterocycles. The molecule has 0 aliphatic carbocycles. The third-order valence-electron chi connectivity index (χ3n) is 3.64. The van der Waals surface area contributed by atoms with Crippen molar-refractivity contribution in [2.45, 2.75) is 19.8 Å². The molecule has 1 N–H and O–H groups in total. The summed E-state index contributed by atoms with van der Waals surface area (Å²) in [6, 6.07) is 2.13. The van der Waals surface area contributed by atoms with Gasteiger partial charge in [-0.3, -0.25) is 10.1 Å². The van der Waals surface area contributed by atoms with Gasteiger partial charge in [-0.2, -0.15) is 0 Å². The molecule has 116 valence electrons. The van der Waals surface area contributed by atoms with Crippen LogP contribution >= 0.6 is 11.6 Å². The summed E-state index contributed by atoms with van der Waals surface area (Å²) in [7, 11) is 0. The van der Waals surface area contributed by atoms with Gasteiger partial charge < -0.3 is 10.2 Å². The van der Waals surface area contributed by atoms with E-state index in [-0.39, 0.29) is 16.4 Å². The lowest BCUT2D eigenvalue weighted by atomic mass is 10.1. The fraction of sp³-hybridized carbons (Fsp3) is 0.571. The Bertz CT molecular complexity index is 521. The number of anilines is 1. The minimum atomic E-state index is -0.656. The molecule has 1 aliphatic heterocycles. The Morgan fingerprint density at radius 1 is 1.48 bits per heavy atom. The third kappa shape index (κ3) is 4.28. The highest BCUT2D eigenvalue weighted by Gasteiger charge is 2.19. The van der Waals surface area contributed by atoms with E-state index in [1.165, 1.54) is 12.8 Å². The van der Waals surface area contributed by atoms with Gasteiger partial charge in [-0.15, -0.1) is 0 Å². The van der Waals surface area contributed by atoms with Gasteiger partial charge in [0.15, 0.2) is 0 Å².